The lowest BCUT2D eigenvalue weighted by atomic mass is 9.97. The number of aromatic nitrogens is 2. The minimum Gasteiger partial charge on any atom is -0.403 e. The van der Waals surface area contributed by atoms with E-state index in [1.165, 1.54) is 0 Å². The Kier molecular flexibility index (Phi) is 5.79. The predicted octanol–water partition coefficient (Wildman–Crippen LogP) is 3.05. The van der Waals surface area contributed by atoms with Crippen LogP contribution in [0, 0.1) is 17.6 Å². The van der Waals surface area contributed by atoms with Crippen LogP contribution in [-0.2, 0) is 14.8 Å². The van der Waals surface area contributed by atoms with Crippen molar-refractivity contribution in [1.29, 1.82) is 0 Å². The Morgan fingerprint density at radius 3 is 2.45 bits per heavy atom. The molecule has 0 radical (unpaired) electrons. The molecule has 1 aromatic heterocycles. The van der Waals surface area contributed by atoms with E-state index < -0.39 is 32.5 Å². The highest BCUT2D eigenvalue weighted by molar-refractivity contribution is 7.89. The first-order chi connectivity index (χ1) is 14.8. The maximum atomic E-state index is 13.9. The van der Waals surface area contributed by atoms with Gasteiger partial charge >= 0.3 is 6.01 Å². The number of amides is 1. The zero-order valence-corrected chi connectivity index (χ0v) is 17.0. The average molecular weight is 448 g/mol. The fourth-order valence-corrected chi connectivity index (χ4v) is 4.88. The van der Waals surface area contributed by atoms with Gasteiger partial charge < -0.3 is 4.42 Å². The molecule has 1 saturated heterocycles. The van der Waals surface area contributed by atoms with Gasteiger partial charge in [-0.1, -0.05) is 23.3 Å². The third-order valence-corrected chi connectivity index (χ3v) is 6.94. The number of nitrogens with one attached hydrogen (secondary N) is 1. The molecule has 0 bridgehead atoms. The Hall–Kier alpha value is -3.18. The van der Waals surface area contributed by atoms with Gasteiger partial charge in [-0.15, -0.1) is 5.10 Å². The number of carbonyl (C=O) groups excluding carboxylic acids is 1. The van der Waals surface area contributed by atoms with Crippen molar-refractivity contribution in [3.05, 3.63) is 60.2 Å². The molecule has 8 nitrogen and oxygen atoms in total. The van der Waals surface area contributed by atoms with Crippen LogP contribution < -0.4 is 5.32 Å². The predicted molar refractivity (Wildman–Crippen MR) is 106 cm³/mol. The van der Waals surface area contributed by atoms with Crippen LogP contribution in [0.15, 0.2) is 57.8 Å². The van der Waals surface area contributed by atoms with E-state index in [1.54, 1.807) is 12.1 Å². The van der Waals surface area contributed by atoms with Gasteiger partial charge in [-0.2, -0.15) is 4.31 Å². The lowest BCUT2D eigenvalue weighted by Crippen LogP contribution is -2.41. The van der Waals surface area contributed by atoms with Gasteiger partial charge in [-0.25, -0.2) is 17.2 Å². The zero-order chi connectivity index (χ0) is 22.0. The highest BCUT2D eigenvalue weighted by atomic mass is 32.2. The quantitative estimate of drug-likeness (QED) is 0.643. The Bertz CT molecular complexity index is 1190. The van der Waals surface area contributed by atoms with E-state index in [0.29, 0.717) is 11.6 Å². The Labute approximate surface area is 176 Å². The van der Waals surface area contributed by atoms with E-state index in [4.69, 9.17) is 4.42 Å². The fraction of sp³-hybridized carbons (Fsp3) is 0.250. The van der Waals surface area contributed by atoms with Gasteiger partial charge in [0.15, 0.2) is 0 Å². The normalized spacial score (nSPS) is 15.7. The summed E-state index contributed by atoms with van der Waals surface area (Å²) in [4.78, 5) is 11.9. The molecule has 1 N–H and O–H groups in total. The van der Waals surface area contributed by atoms with Gasteiger partial charge in [-0.3, -0.25) is 10.1 Å². The third-order valence-electron chi connectivity index (χ3n) is 5.01. The molecule has 1 aliphatic heterocycles. The van der Waals surface area contributed by atoms with Gasteiger partial charge in [0.1, 0.15) is 16.5 Å². The number of benzene rings is 2. The number of hydrogen-bond acceptors (Lipinski definition) is 6. The number of halogens is 2. The lowest BCUT2D eigenvalue weighted by Gasteiger charge is -2.30. The van der Waals surface area contributed by atoms with Crippen molar-refractivity contribution in [3.8, 4) is 11.5 Å². The monoisotopic (exact) mass is 448 g/mol. The summed E-state index contributed by atoms with van der Waals surface area (Å²) in [5, 5.41) is 10.3. The molecule has 0 unspecified atom stereocenters. The van der Waals surface area contributed by atoms with E-state index in [-0.39, 0.29) is 43.7 Å². The number of piperidine rings is 1. The van der Waals surface area contributed by atoms with Crippen molar-refractivity contribution in [3.63, 3.8) is 0 Å². The van der Waals surface area contributed by atoms with E-state index in [9.17, 15) is 22.0 Å². The molecule has 4 rings (SSSR count). The molecule has 1 amide bonds. The Morgan fingerprint density at radius 1 is 1.06 bits per heavy atom. The van der Waals surface area contributed by atoms with E-state index in [0.717, 1.165) is 16.4 Å². The summed E-state index contributed by atoms with van der Waals surface area (Å²) in [6.07, 6.45) is 0.459. The van der Waals surface area contributed by atoms with E-state index >= 15 is 0 Å². The molecular weight excluding hydrogens is 430 g/mol. The summed E-state index contributed by atoms with van der Waals surface area (Å²) in [6, 6.07) is 11.3. The molecule has 1 aliphatic rings. The van der Waals surface area contributed by atoms with Gasteiger partial charge in [0.05, 0.1) is 0 Å². The average Bonchev–Trinajstić information content (AvgIpc) is 3.22. The maximum Gasteiger partial charge on any atom is 0.322 e. The summed E-state index contributed by atoms with van der Waals surface area (Å²) in [5.41, 5.74) is 0.710. The molecular formula is C20H18F2N4O4S. The van der Waals surface area contributed by atoms with Crippen LogP contribution in [-0.4, -0.2) is 41.9 Å². The molecule has 0 spiro atoms. The highest BCUT2D eigenvalue weighted by Gasteiger charge is 2.34. The van der Waals surface area contributed by atoms with Crippen molar-refractivity contribution < 1.29 is 26.4 Å². The van der Waals surface area contributed by atoms with Crippen molar-refractivity contribution in [2.75, 3.05) is 18.4 Å². The number of rotatable bonds is 5. The van der Waals surface area contributed by atoms with Gasteiger partial charge in [0, 0.05) is 30.6 Å². The number of sulfonamides is 1. The number of carbonyl (C=O) groups is 1. The van der Waals surface area contributed by atoms with Crippen LogP contribution >= 0.6 is 0 Å². The first-order valence-corrected chi connectivity index (χ1v) is 10.9. The van der Waals surface area contributed by atoms with Gasteiger partial charge in [0.2, 0.25) is 21.8 Å². The van der Waals surface area contributed by atoms with Crippen LogP contribution in [0.3, 0.4) is 0 Å². The Balaban J connectivity index is 1.37. The van der Waals surface area contributed by atoms with Crippen molar-refractivity contribution in [2.24, 2.45) is 5.92 Å². The summed E-state index contributed by atoms with van der Waals surface area (Å²) in [5.74, 6) is -2.59. The molecule has 31 heavy (non-hydrogen) atoms. The van der Waals surface area contributed by atoms with Gasteiger partial charge in [0.25, 0.3) is 0 Å². The van der Waals surface area contributed by atoms with Crippen LogP contribution in [0.4, 0.5) is 14.8 Å². The molecule has 3 aromatic rings. The second kappa shape index (κ2) is 8.52. The van der Waals surface area contributed by atoms with Crippen LogP contribution in [0.25, 0.3) is 11.5 Å². The first kappa shape index (κ1) is 21.1. The highest BCUT2D eigenvalue weighted by Crippen LogP contribution is 2.27. The third kappa shape index (κ3) is 4.47. The minimum absolute atomic E-state index is 0.0241. The number of nitrogens with zero attached hydrogens (tertiary/aromatic N) is 3. The first-order valence-electron chi connectivity index (χ1n) is 9.49. The molecule has 2 heterocycles. The number of hydrogen-bond donors (Lipinski definition) is 1. The Morgan fingerprint density at radius 2 is 1.77 bits per heavy atom. The SMILES string of the molecule is O=C(Nc1nnc(-c2ccccc2)o1)C1CCN(S(=O)(=O)c2ccc(F)cc2F)CC1. The fourth-order valence-electron chi connectivity index (χ4n) is 3.36. The summed E-state index contributed by atoms with van der Waals surface area (Å²) < 4.78 is 58.9. The molecule has 0 saturated carbocycles. The van der Waals surface area contributed by atoms with E-state index in [1.807, 2.05) is 18.2 Å². The zero-order valence-electron chi connectivity index (χ0n) is 16.2. The second-order valence-electron chi connectivity index (χ2n) is 7.02. The maximum absolute atomic E-state index is 13.9. The summed E-state index contributed by atoms with van der Waals surface area (Å²) >= 11 is 0. The smallest absolute Gasteiger partial charge is 0.322 e. The standard InChI is InChI=1S/C20H18F2N4O4S/c21-15-6-7-17(16(22)12-15)31(28,29)26-10-8-13(9-11-26)18(27)23-20-25-24-19(30-20)14-4-2-1-3-5-14/h1-7,12-13H,8-11H2,(H,23,25,27). The lowest BCUT2D eigenvalue weighted by molar-refractivity contribution is -0.121. The molecule has 0 aliphatic carbocycles. The molecule has 1 fully saturated rings. The van der Waals surface area contributed by atoms with Gasteiger partial charge in [-0.05, 0) is 37.1 Å². The van der Waals surface area contributed by atoms with Crippen LogP contribution in [0.1, 0.15) is 12.8 Å². The number of anilines is 1. The minimum atomic E-state index is -4.13. The summed E-state index contributed by atoms with van der Waals surface area (Å²) in [7, 11) is -4.13. The van der Waals surface area contributed by atoms with Crippen LogP contribution in [0.5, 0.6) is 0 Å². The van der Waals surface area contributed by atoms with E-state index in [2.05, 4.69) is 15.5 Å². The molecule has 11 heteroatoms. The van der Waals surface area contributed by atoms with Crippen molar-refractivity contribution in [2.45, 2.75) is 17.7 Å². The summed E-state index contributed by atoms with van der Waals surface area (Å²) in [6.45, 7) is 0.0483. The molecule has 162 valence electrons. The molecule has 0 atom stereocenters. The topological polar surface area (TPSA) is 105 Å². The van der Waals surface area contributed by atoms with Crippen molar-refractivity contribution in [1.82, 2.24) is 14.5 Å². The largest absolute Gasteiger partial charge is 0.403 e. The van der Waals surface area contributed by atoms with Crippen LogP contribution in [0.2, 0.25) is 0 Å². The second-order valence-corrected chi connectivity index (χ2v) is 8.93. The van der Waals surface area contributed by atoms with Crippen molar-refractivity contribution >= 4 is 21.9 Å². The molecule has 2 aromatic carbocycles.